The van der Waals surface area contributed by atoms with Crippen LogP contribution in [0.15, 0.2) is 10.7 Å². The van der Waals surface area contributed by atoms with E-state index in [-0.39, 0.29) is 5.76 Å². The zero-order valence-corrected chi connectivity index (χ0v) is 5.81. The Bertz CT molecular complexity index is 118. The van der Waals surface area contributed by atoms with Crippen LogP contribution in [0, 0.1) is 0 Å². The number of hydrogen-bond donors (Lipinski definition) is 1. The molecule has 8 heavy (non-hydrogen) atoms. The summed E-state index contributed by atoms with van der Waals surface area (Å²) < 4.78 is 4.38. The summed E-state index contributed by atoms with van der Waals surface area (Å²) in [6.07, 6.45) is 0. The van der Waals surface area contributed by atoms with E-state index >= 15 is 0 Å². The van der Waals surface area contributed by atoms with Crippen molar-refractivity contribution < 1.29 is 14.6 Å². The van der Waals surface area contributed by atoms with Crippen LogP contribution in [-0.2, 0) is 9.53 Å². The lowest BCUT2D eigenvalue weighted by Gasteiger charge is -1.94. The van der Waals surface area contributed by atoms with Crippen molar-refractivity contribution >= 4 is 21.9 Å². The van der Waals surface area contributed by atoms with Crippen LogP contribution in [0.2, 0.25) is 0 Å². The van der Waals surface area contributed by atoms with Gasteiger partial charge in [0, 0.05) is 4.99 Å². The number of carboxylic acid groups (broad SMARTS) is 1. The van der Waals surface area contributed by atoms with Crippen molar-refractivity contribution in [1.82, 2.24) is 0 Å². The molecule has 0 saturated carbocycles. The lowest BCUT2D eigenvalue weighted by molar-refractivity contribution is -0.136. The Labute approximate surface area is 55.1 Å². The van der Waals surface area contributed by atoms with Crippen LogP contribution in [0.4, 0.5) is 0 Å². The summed E-state index contributed by atoms with van der Waals surface area (Å²) in [5.74, 6) is -1.19. The maximum atomic E-state index is 9.94. The van der Waals surface area contributed by atoms with E-state index in [2.05, 4.69) is 20.7 Å². The molecule has 0 spiro atoms. The van der Waals surface area contributed by atoms with Gasteiger partial charge in [0.1, 0.15) is 0 Å². The molecule has 1 N–H and O–H groups in total. The van der Waals surface area contributed by atoms with Crippen LogP contribution >= 0.6 is 15.9 Å². The van der Waals surface area contributed by atoms with Crippen molar-refractivity contribution in [2.24, 2.45) is 0 Å². The summed E-state index contributed by atoms with van der Waals surface area (Å²) >= 11 is 2.81. The van der Waals surface area contributed by atoms with Gasteiger partial charge in [-0.2, -0.15) is 0 Å². The van der Waals surface area contributed by atoms with E-state index in [9.17, 15) is 4.79 Å². The highest BCUT2D eigenvalue weighted by molar-refractivity contribution is 9.11. The number of ether oxygens (including phenoxy) is 1. The van der Waals surface area contributed by atoms with Crippen LogP contribution in [0.1, 0.15) is 0 Å². The molecule has 0 aromatic rings. The monoisotopic (exact) mass is 180 g/mol. The smallest absolute Gasteiger partial charge is 0.371 e. The average molecular weight is 181 g/mol. The minimum absolute atomic E-state index is 0.106. The predicted molar refractivity (Wildman–Crippen MR) is 31.7 cm³/mol. The average Bonchev–Trinajstić information content (AvgIpc) is 1.69. The molecular formula is C4H5BrO3. The molecule has 0 unspecified atom stereocenters. The van der Waals surface area contributed by atoms with Crippen LogP contribution < -0.4 is 0 Å². The van der Waals surface area contributed by atoms with Crippen molar-refractivity contribution in [1.29, 1.82) is 0 Å². The topological polar surface area (TPSA) is 46.5 Å². The third kappa shape index (κ3) is 1.97. The number of aliphatic carboxylic acids is 1. The number of hydrogen-bond acceptors (Lipinski definition) is 2. The second-order valence-electron chi connectivity index (χ2n) is 0.983. The number of rotatable bonds is 2. The molecule has 0 aromatic carbocycles. The molecule has 46 valence electrons. The van der Waals surface area contributed by atoms with Gasteiger partial charge in [-0.15, -0.1) is 0 Å². The van der Waals surface area contributed by atoms with Gasteiger partial charge in [0.15, 0.2) is 0 Å². The Morgan fingerprint density at radius 2 is 2.38 bits per heavy atom. The molecule has 4 heteroatoms. The molecule has 0 aliphatic rings. The van der Waals surface area contributed by atoms with Gasteiger partial charge < -0.3 is 9.84 Å². The SMILES string of the molecule is CO/C(=C\Br)C(=O)O. The van der Waals surface area contributed by atoms with Crippen molar-refractivity contribution in [3.8, 4) is 0 Å². The van der Waals surface area contributed by atoms with Crippen LogP contribution in [0.5, 0.6) is 0 Å². The normalized spacial score (nSPS) is 11.0. The van der Waals surface area contributed by atoms with E-state index < -0.39 is 5.97 Å². The first-order valence-corrected chi connectivity index (χ1v) is 2.71. The molecule has 0 rings (SSSR count). The Balaban J connectivity index is 3.92. The van der Waals surface area contributed by atoms with E-state index in [1.54, 1.807) is 0 Å². The largest absolute Gasteiger partial charge is 0.490 e. The van der Waals surface area contributed by atoms with Gasteiger partial charge in [-0.3, -0.25) is 0 Å². The highest BCUT2D eigenvalue weighted by Crippen LogP contribution is 1.97. The fraction of sp³-hybridized carbons (Fsp3) is 0.250. The second kappa shape index (κ2) is 3.49. The molecular weight excluding hydrogens is 176 g/mol. The molecule has 0 saturated heterocycles. The maximum absolute atomic E-state index is 9.94. The molecule has 0 heterocycles. The lowest BCUT2D eigenvalue weighted by Crippen LogP contribution is -2.00. The molecule has 3 nitrogen and oxygen atoms in total. The third-order valence-corrected chi connectivity index (χ3v) is 0.946. The Morgan fingerprint density at radius 3 is 2.38 bits per heavy atom. The van der Waals surface area contributed by atoms with Gasteiger partial charge in [-0.1, -0.05) is 15.9 Å². The van der Waals surface area contributed by atoms with Crippen molar-refractivity contribution in [2.75, 3.05) is 7.11 Å². The van der Waals surface area contributed by atoms with Crippen molar-refractivity contribution in [2.45, 2.75) is 0 Å². The zero-order chi connectivity index (χ0) is 6.57. The van der Waals surface area contributed by atoms with Crippen molar-refractivity contribution in [3.05, 3.63) is 10.7 Å². The third-order valence-electron chi connectivity index (χ3n) is 0.530. The fourth-order valence-corrected chi connectivity index (χ4v) is 0.561. The van der Waals surface area contributed by atoms with E-state index in [1.165, 1.54) is 12.1 Å². The zero-order valence-electron chi connectivity index (χ0n) is 4.22. The number of methoxy groups -OCH3 is 1. The van der Waals surface area contributed by atoms with E-state index in [1.807, 2.05) is 0 Å². The number of halogens is 1. The minimum Gasteiger partial charge on any atom is -0.490 e. The minimum atomic E-state index is -1.08. The quantitative estimate of drug-likeness (QED) is 0.509. The summed E-state index contributed by atoms with van der Waals surface area (Å²) in [7, 11) is 1.29. The highest BCUT2D eigenvalue weighted by atomic mass is 79.9. The first kappa shape index (κ1) is 7.49. The molecule has 0 aliphatic carbocycles. The predicted octanol–water partition coefficient (Wildman–Crippen LogP) is 0.954. The maximum Gasteiger partial charge on any atom is 0.371 e. The molecule has 0 fully saturated rings. The Hall–Kier alpha value is -0.510. The first-order valence-electron chi connectivity index (χ1n) is 1.80. The Morgan fingerprint density at radius 1 is 1.88 bits per heavy atom. The van der Waals surface area contributed by atoms with Gasteiger partial charge in [0.25, 0.3) is 0 Å². The van der Waals surface area contributed by atoms with Crippen LogP contribution in [0.25, 0.3) is 0 Å². The summed E-state index contributed by atoms with van der Waals surface area (Å²) in [5, 5.41) is 8.15. The summed E-state index contributed by atoms with van der Waals surface area (Å²) in [4.78, 5) is 11.1. The van der Waals surface area contributed by atoms with E-state index in [0.717, 1.165) is 0 Å². The Kier molecular flexibility index (Phi) is 3.26. The van der Waals surface area contributed by atoms with Gasteiger partial charge in [-0.25, -0.2) is 4.79 Å². The first-order chi connectivity index (χ1) is 3.72. The van der Waals surface area contributed by atoms with Gasteiger partial charge in [-0.05, 0) is 0 Å². The standard InChI is InChI=1S/C4H5BrO3/c1-8-3(2-5)4(6)7/h2H,1H3,(H,6,7)/b3-2-. The second-order valence-corrected chi connectivity index (χ2v) is 1.44. The molecule has 0 atom stereocenters. The van der Waals surface area contributed by atoms with E-state index in [4.69, 9.17) is 5.11 Å². The van der Waals surface area contributed by atoms with Crippen molar-refractivity contribution in [3.63, 3.8) is 0 Å². The lowest BCUT2D eigenvalue weighted by atomic mass is 10.6. The molecule has 0 aromatic heterocycles. The summed E-state index contributed by atoms with van der Waals surface area (Å²) in [5.41, 5.74) is 0. The molecule has 0 bridgehead atoms. The van der Waals surface area contributed by atoms with Gasteiger partial charge >= 0.3 is 5.97 Å². The highest BCUT2D eigenvalue weighted by Gasteiger charge is 2.02. The van der Waals surface area contributed by atoms with E-state index in [0.29, 0.717) is 0 Å². The summed E-state index contributed by atoms with van der Waals surface area (Å²) in [6, 6.07) is 0. The molecule has 0 aliphatic heterocycles. The van der Waals surface area contributed by atoms with Crippen LogP contribution in [0.3, 0.4) is 0 Å². The molecule has 0 radical (unpaired) electrons. The number of carbonyl (C=O) groups is 1. The van der Waals surface area contributed by atoms with Gasteiger partial charge in [0.2, 0.25) is 5.76 Å². The number of carboxylic acids is 1. The summed E-state index contributed by atoms with van der Waals surface area (Å²) in [6.45, 7) is 0. The van der Waals surface area contributed by atoms with Gasteiger partial charge in [0.05, 0.1) is 7.11 Å². The molecule has 0 amide bonds. The fourth-order valence-electron chi connectivity index (χ4n) is 0.179. The van der Waals surface area contributed by atoms with Crippen LogP contribution in [-0.4, -0.2) is 18.2 Å².